The van der Waals surface area contributed by atoms with Gasteiger partial charge >= 0.3 is 0 Å². The van der Waals surface area contributed by atoms with Crippen LogP contribution in [0.2, 0.25) is 0 Å². The van der Waals surface area contributed by atoms with E-state index in [1.54, 1.807) is 6.20 Å². The van der Waals surface area contributed by atoms with Gasteiger partial charge in [-0.25, -0.2) is 5.01 Å². The van der Waals surface area contributed by atoms with Gasteiger partial charge in [-0.15, -0.1) is 6.58 Å². The second-order valence-corrected chi connectivity index (χ2v) is 4.53. The van der Waals surface area contributed by atoms with Gasteiger partial charge < -0.3 is 0 Å². The molecule has 0 amide bonds. The predicted octanol–water partition coefficient (Wildman–Crippen LogP) is 4.64. The molecule has 0 spiro atoms. The molecule has 0 saturated heterocycles. The van der Waals surface area contributed by atoms with Crippen molar-refractivity contribution < 1.29 is 0 Å². The number of rotatable bonds is 7. The maximum absolute atomic E-state index is 4.39. The molecule has 2 nitrogen and oxygen atoms in total. The first kappa shape index (κ1) is 14.5. The van der Waals surface area contributed by atoms with Crippen LogP contribution in [0.25, 0.3) is 0 Å². The average Bonchev–Trinajstić information content (AvgIpc) is 2.39. The summed E-state index contributed by atoms with van der Waals surface area (Å²) in [7, 11) is 0. The zero-order valence-corrected chi connectivity index (χ0v) is 11.6. The molecule has 18 heavy (non-hydrogen) atoms. The highest BCUT2D eigenvalue weighted by molar-refractivity contribution is 5.56. The third-order valence-electron chi connectivity index (χ3n) is 3.05. The zero-order valence-electron chi connectivity index (χ0n) is 11.6. The molecule has 0 heterocycles. The first-order chi connectivity index (χ1) is 8.72. The summed E-state index contributed by atoms with van der Waals surface area (Å²) in [5, 5.41) is 6.25. The van der Waals surface area contributed by atoms with Crippen molar-refractivity contribution in [3.8, 4) is 0 Å². The zero-order chi connectivity index (χ0) is 13.4. The monoisotopic (exact) mass is 244 g/mol. The molecular formula is C16H24N2. The first-order valence-corrected chi connectivity index (χ1v) is 6.67. The number of hydrazone groups is 1. The maximum atomic E-state index is 4.39. The third kappa shape index (κ3) is 4.02. The Hall–Kier alpha value is -1.57. The van der Waals surface area contributed by atoms with E-state index in [0.29, 0.717) is 5.92 Å². The van der Waals surface area contributed by atoms with Gasteiger partial charge in [-0.1, -0.05) is 31.7 Å². The molecule has 1 aliphatic carbocycles. The van der Waals surface area contributed by atoms with E-state index in [9.17, 15) is 0 Å². The Morgan fingerprint density at radius 1 is 1.50 bits per heavy atom. The standard InChI is InChI=1S/C16H24N2/c1-5-8-9-15-10-11-16(14(4)13-15)18(7-3)17-12-6-2/h5,7,11-13,15H,1,3,6,8-10H2,2,4H3/b17-12-. The molecule has 1 atom stereocenters. The van der Waals surface area contributed by atoms with E-state index in [2.05, 4.69) is 44.3 Å². The van der Waals surface area contributed by atoms with Crippen molar-refractivity contribution in [2.24, 2.45) is 11.0 Å². The van der Waals surface area contributed by atoms with Gasteiger partial charge in [0.2, 0.25) is 0 Å². The van der Waals surface area contributed by atoms with Crippen LogP contribution in [0.1, 0.15) is 39.5 Å². The predicted molar refractivity (Wildman–Crippen MR) is 80.2 cm³/mol. The van der Waals surface area contributed by atoms with E-state index in [1.807, 2.05) is 17.3 Å². The van der Waals surface area contributed by atoms with Crippen LogP contribution in [0.15, 0.2) is 54.0 Å². The van der Waals surface area contributed by atoms with Gasteiger partial charge in [-0.3, -0.25) is 0 Å². The fourth-order valence-corrected chi connectivity index (χ4v) is 2.12. The highest BCUT2D eigenvalue weighted by Gasteiger charge is 2.15. The minimum absolute atomic E-state index is 0.633. The van der Waals surface area contributed by atoms with E-state index >= 15 is 0 Å². The smallest absolute Gasteiger partial charge is 0.0631 e. The van der Waals surface area contributed by atoms with Crippen molar-refractivity contribution in [3.63, 3.8) is 0 Å². The molecule has 0 N–H and O–H groups in total. The molecule has 0 fully saturated rings. The molecular weight excluding hydrogens is 220 g/mol. The van der Waals surface area contributed by atoms with E-state index < -0.39 is 0 Å². The second-order valence-electron chi connectivity index (χ2n) is 4.53. The van der Waals surface area contributed by atoms with Gasteiger partial charge in [0, 0.05) is 12.4 Å². The van der Waals surface area contributed by atoms with Gasteiger partial charge in [-0.05, 0) is 44.1 Å². The molecule has 0 aromatic heterocycles. The molecule has 0 aromatic carbocycles. The van der Waals surface area contributed by atoms with Gasteiger partial charge in [0.25, 0.3) is 0 Å². The Balaban J connectivity index is 2.72. The van der Waals surface area contributed by atoms with E-state index in [0.717, 1.165) is 25.0 Å². The van der Waals surface area contributed by atoms with Crippen LogP contribution in [0.4, 0.5) is 0 Å². The fraction of sp³-hybridized carbons (Fsp3) is 0.438. The van der Waals surface area contributed by atoms with Crippen LogP contribution >= 0.6 is 0 Å². The summed E-state index contributed by atoms with van der Waals surface area (Å²) >= 11 is 0. The fourth-order valence-electron chi connectivity index (χ4n) is 2.12. The molecule has 0 bridgehead atoms. The first-order valence-electron chi connectivity index (χ1n) is 6.67. The third-order valence-corrected chi connectivity index (χ3v) is 3.05. The van der Waals surface area contributed by atoms with Gasteiger partial charge in [0.1, 0.15) is 0 Å². The topological polar surface area (TPSA) is 15.6 Å². The van der Waals surface area contributed by atoms with Crippen LogP contribution in [0, 0.1) is 5.92 Å². The Labute approximate surface area is 111 Å². The van der Waals surface area contributed by atoms with Crippen LogP contribution in [-0.4, -0.2) is 11.2 Å². The quantitative estimate of drug-likeness (QED) is 0.362. The van der Waals surface area contributed by atoms with Crippen LogP contribution < -0.4 is 0 Å². The molecule has 98 valence electrons. The van der Waals surface area contributed by atoms with Gasteiger partial charge in [0.15, 0.2) is 0 Å². The molecule has 1 aliphatic rings. The number of hydrogen-bond donors (Lipinski definition) is 0. The number of allylic oxidation sites excluding steroid dienone is 4. The largest absolute Gasteiger partial charge is 0.242 e. The number of hydrogen-bond acceptors (Lipinski definition) is 2. The van der Waals surface area contributed by atoms with Crippen LogP contribution in [0.3, 0.4) is 0 Å². The molecule has 0 saturated carbocycles. The highest BCUT2D eigenvalue weighted by Crippen LogP contribution is 2.28. The van der Waals surface area contributed by atoms with Crippen LogP contribution in [0.5, 0.6) is 0 Å². The summed E-state index contributed by atoms with van der Waals surface area (Å²) < 4.78 is 0. The molecule has 0 radical (unpaired) electrons. The summed E-state index contributed by atoms with van der Waals surface area (Å²) in [6.07, 6.45) is 14.5. The van der Waals surface area contributed by atoms with Gasteiger partial charge in [-0.2, -0.15) is 5.10 Å². The van der Waals surface area contributed by atoms with Crippen molar-refractivity contribution in [1.82, 2.24) is 5.01 Å². The van der Waals surface area contributed by atoms with Crippen molar-refractivity contribution >= 4 is 6.21 Å². The minimum Gasteiger partial charge on any atom is -0.242 e. The van der Waals surface area contributed by atoms with Crippen molar-refractivity contribution in [2.45, 2.75) is 39.5 Å². The van der Waals surface area contributed by atoms with E-state index in [-0.39, 0.29) is 0 Å². The Morgan fingerprint density at radius 2 is 2.28 bits per heavy atom. The summed E-state index contributed by atoms with van der Waals surface area (Å²) in [6, 6.07) is 0. The van der Waals surface area contributed by atoms with Crippen molar-refractivity contribution in [1.29, 1.82) is 0 Å². The molecule has 1 rings (SSSR count). The SMILES string of the molecule is C=CCCC1C=C(C)C(N(C=C)/N=C\CC)=CC1. The normalized spacial score (nSPS) is 19.3. The molecule has 2 heteroatoms. The lowest BCUT2D eigenvalue weighted by atomic mass is 9.91. The van der Waals surface area contributed by atoms with E-state index in [4.69, 9.17) is 0 Å². The van der Waals surface area contributed by atoms with Crippen molar-refractivity contribution in [2.75, 3.05) is 0 Å². The summed E-state index contributed by atoms with van der Waals surface area (Å²) in [5.41, 5.74) is 2.44. The van der Waals surface area contributed by atoms with Crippen LogP contribution in [-0.2, 0) is 0 Å². The van der Waals surface area contributed by atoms with Gasteiger partial charge in [0.05, 0.1) is 5.70 Å². The summed E-state index contributed by atoms with van der Waals surface area (Å²) in [6.45, 7) is 11.8. The molecule has 0 aromatic rings. The maximum Gasteiger partial charge on any atom is 0.0631 e. The molecule has 1 unspecified atom stereocenters. The lowest BCUT2D eigenvalue weighted by Gasteiger charge is -2.24. The summed E-state index contributed by atoms with van der Waals surface area (Å²) in [4.78, 5) is 0. The lowest BCUT2D eigenvalue weighted by molar-refractivity contribution is 0.487. The Bertz CT molecular complexity index is 375. The lowest BCUT2D eigenvalue weighted by Crippen LogP contribution is -2.14. The Morgan fingerprint density at radius 3 is 2.83 bits per heavy atom. The minimum atomic E-state index is 0.633. The second kappa shape index (κ2) is 7.70. The molecule has 0 aliphatic heterocycles. The van der Waals surface area contributed by atoms with Crippen molar-refractivity contribution in [3.05, 3.63) is 48.9 Å². The highest BCUT2D eigenvalue weighted by atomic mass is 15.4. The summed E-state index contributed by atoms with van der Waals surface area (Å²) in [5.74, 6) is 0.633. The Kier molecular flexibility index (Phi) is 6.20. The average molecular weight is 244 g/mol. The number of nitrogens with zero attached hydrogens (tertiary/aromatic N) is 2. The van der Waals surface area contributed by atoms with E-state index in [1.165, 1.54) is 12.0 Å².